The highest BCUT2D eigenvalue weighted by molar-refractivity contribution is 7.10. The number of urea groups is 1. The van der Waals surface area contributed by atoms with Crippen molar-refractivity contribution < 1.29 is 9.59 Å². The van der Waals surface area contributed by atoms with E-state index in [-0.39, 0.29) is 12.3 Å². The quantitative estimate of drug-likeness (QED) is 0.791. The average Bonchev–Trinajstić information content (AvgIpc) is 2.95. The molecule has 22 heavy (non-hydrogen) atoms. The molecule has 0 aliphatic carbocycles. The first kappa shape index (κ1) is 16.0. The molecule has 0 saturated heterocycles. The molecule has 1 heterocycles. The zero-order chi connectivity index (χ0) is 16.1. The maximum absolute atomic E-state index is 12.2. The lowest BCUT2D eigenvalue weighted by Gasteiger charge is -2.16. The van der Waals surface area contributed by atoms with Gasteiger partial charge in [0.1, 0.15) is 0 Å². The highest BCUT2D eigenvalue weighted by atomic mass is 32.1. The van der Waals surface area contributed by atoms with Crippen LogP contribution in [0.3, 0.4) is 0 Å². The lowest BCUT2D eigenvalue weighted by atomic mass is 10.1. The number of nitrogens with one attached hydrogen (secondary N) is 2. The van der Waals surface area contributed by atoms with Crippen LogP contribution in [0.4, 0.5) is 10.5 Å². The van der Waals surface area contributed by atoms with Crippen LogP contribution in [0.2, 0.25) is 0 Å². The summed E-state index contributed by atoms with van der Waals surface area (Å²) in [6.07, 6.45) is 0.136. The summed E-state index contributed by atoms with van der Waals surface area (Å²) in [6.45, 7) is 3.95. The molecule has 2 rings (SSSR count). The molecule has 3 amide bonds. The third-order valence-electron chi connectivity index (χ3n) is 3.25. The van der Waals surface area contributed by atoms with Crippen LogP contribution in [0.15, 0.2) is 35.7 Å². The first-order valence-corrected chi connectivity index (χ1v) is 7.80. The number of thiophene rings is 1. The SMILES string of the molecule is Cc1ccc(NC(=O)CC(NC(N)=O)c2cccs2)c(C)c1. The highest BCUT2D eigenvalue weighted by Crippen LogP contribution is 2.23. The minimum absolute atomic E-state index is 0.136. The first-order chi connectivity index (χ1) is 10.5. The molecule has 6 heteroatoms. The molecule has 0 aliphatic rings. The Morgan fingerprint density at radius 2 is 2.05 bits per heavy atom. The van der Waals surface area contributed by atoms with E-state index in [1.165, 1.54) is 11.3 Å². The number of hydrogen-bond donors (Lipinski definition) is 3. The number of benzene rings is 1. The van der Waals surface area contributed by atoms with Gasteiger partial charge in [0.15, 0.2) is 0 Å². The van der Waals surface area contributed by atoms with Crippen LogP contribution in [-0.2, 0) is 4.79 Å². The van der Waals surface area contributed by atoms with Gasteiger partial charge in [-0.3, -0.25) is 4.79 Å². The standard InChI is InChI=1S/C16H19N3O2S/c1-10-5-6-12(11(2)8-10)18-15(20)9-13(19-16(17)21)14-4-3-7-22-14/h3-8,13H,9H2,1-2H3,(H,18,20)(H3,17,19,21). The molecule has 0 saturated carbocycles. The van der Waals surface area contributed by atoms with Crippen LogP contribution in [0.1, 0.15) is 28.5 Å². The van der Waals surface area contributed by atoms with Gasteiger partial charge in [-0.05, 0) is 36.9 Å². The third kappa shape index (κ3) is 4.33. The van der Waals surface area contributed by atoms with Gasteiger partial charge in [-0.2, -0.15) is 0 Å². The van der Waals surface area contributed by atoms with Crippen molar-refractivity contribution >= 4 is 29.0 Å². The predicted molar refractivity (Wildman–Crippen MR) is 88.9 cm³/mol. The van der Waals surface area contributed by atoms with Crippen molar-refractivity contribution in [3.8, 4) is 0 Å². The summed E-state index contributed by atoms with van der Waals surface area (Å²) in [5, 5.41) is 7.38. The molecule has 1 aromatic carbocycles. The second-order valence-electron chi connectivity index (χ2n) is 5.15. The van der Waals surface area contributed by atoms with Crippen LogP contribution in [0.5, 0.6) is 0 Å². The monoisotopic (exact) mass is 317 g/mol. The minimum atomic E-state index is -0.641. The molecule has 0 bridgehead atoms. The number of rotatable bonds is 5. The maximum Gasteiger partial charge on any atom is 0.312 e. The normalized spacial score (nSPS) is 11.7. The molecule has 0 radical (unpaired) electrons. The van der Waals surface area contributed by atoms with Gasteiger partial charge in [-0.15, -0.1) is 11.3 Å². The second kappa shape index (κ2) is 7.09. The van der Waals surface area contributed by atoms with E-state index in [1.54, 1.807) is 0 Å². The number of carbonyl (C=O) groups excluding carboxylic acids is 2. The third-order valence-corrected chi connectivity index (χ3v) is 4.23. The Labute approximate surface area is 133 Å². The van der Waals surface area contributed by atoms with Gasteiger partial charge >= 0.3 is 6.03 Å². The molecule has 0 fully saturated rings. The molecule has 0 spiro atoms. The van der Waals surface area contributed by atoms with E-state index in [0.717, 1.165) is 21.7 Å². The van der Waals surface area contributed by atoms with Crippen molar-refractivity contribution in [2.75, 3.05) is 5.32 Å². The van der Waals surface area contributed by atoms with Crippen LogP contribution < -0.4 is 16.4 Å². The van der Waals surface area contributed by atoms with Crippen molar-refractivity contribution in [1.82, 2.24) is 5.32 Å². The van der Waals surface area contributed by atoms with Crippen LogP contribution in [0.25, 0.3) is 0 Å². The highest BCUT2D eigenvalue weighted by Gasteiger charge is 2.18. The Morgan fingerprint density at radius 3 is 2.64 bits per heavy atom. The van der Waals surface area contributed by atoms with Gasteiger partial charge in [0.2, 0.25) is 5.91 Å². The summed E-state index contributed by atoms with van der Waals surface area (Å²) in [4.78, 5) is 24.3. The fraction of sp³-hybridized carbons (Fsp3) is 0.250. The largest absolute Gasteiger partial charge is 0.352 e. The minimum Gasteiger partial charge on any atom is -0.352 e. The molecular formula is C16H19N3O2S. The molecular weight excluding hydrogens is 298 g/mol. The molecule has 1 unspecified atom stereocenters. The summed E-state index contributed by atoms with van der Waals surface area (Å²) < 4.78 is 0. The van der Waals surface area contributed by atoms with Gasteiger partial charge in [0.05, 0.1) is 12.5 Å². The van der Waals surface area contributed by atoms with Crippen molar-refractivity contribution in [2.24, 2.45) is 5.73 Å². The number of amides is 3. The van der Waals surface area contributed by atoms with E-state index < -0.39 is 12.1 Å². The number of nitrogens with two attached hydrogens (primary N) is 1. The van der Waals surface area contributed by atoms with Gasteiger partial charge in [0, 0.05) is 10.6 Å². The van der Waals surface area contributed by atoms with Crippen molar-refractivity contribution in [3.63, 3.8) is 0 Å². The lowest BCUT2D eigenvalue weighted by Crippen LogP contribution is -2.34. The smallest absolute Gasteiger partial charge is 0.312 e. The second-order valence-corrected chi connectivity index (χ2v) is 6.13. The van der Waals surface area contributed by atoms with Crippen molar-refractivity contribution in [1.29, 1.82) is 0 Å². The Hall–Kier alpha value is -2.34. The molecule has 116 valence electrons. The van der Waals surface area contributed by atoms with Gasteiger partial charge < -0.3 is 16.4 Å². The Kier molecular flexibility index (Phi) is 5.16. The van der Waals surface area contributed by atoms with E-state index in [0.29, 0.717) is 0 Å². The van der Waals surface area contributed by atoms with Crippen LogP contribution >= 0.6 is 11.3 Å². The van der Waals surface area contributed by atoms with Crippen LogP contribution in [0, 0.1) is 13.8 Å². The van der Waals surface area contributed by atoms with E-state index in [4.69, 9.17) is 5.73 Å². The first-order valence-electron chi connectivity index (χ1n) is 6.92. The Bertz CT molecular complexity index is 668. The predicted octanol–water partition coefficient (Wildman–Crippen LogP) is 3.10. The fourth-order valence-electron chi connectivity index (χ4n) is 2.22. The Morgan fingerprint density at radius 1 is 1.27 bits per heavy atom. The summed E-state index contributed by atoms with van der Waals surface area (Å²) in [5.41, 5.74) is 8.11. The molecule has 1 atom stereocenters. The molecule has 0 aliphatic heterocycles. The van der Waals surface area contributed by atoms with Gasteiger partial charge in [-0.1, -0.05) is 23.8 Å². The van der Waals surface area contributed by atoms with Crippen LogP contribution in [-0.4, -0.2) is 11.9 Å². The maximum atomic E-state index is 12.2. The van der Waals surface area contributed by atoms with Crippen molar-refractivity contribution in [2.45, 2.75) is 26.3 Å². The molecule has 2 aromatic rings. The fourth-order valence-corrected chi connectivity index (χ4v) is 3.00. The number of aryl methyl sites for hydroxylation is 2. The summed E-state index contributed by atoms with van der Waals surface area (Å²) in [7, 11) is 0. The van der Waals surface area contributed by atoms with Gasteiger partial charge in [0.25, 0.3) is 0 Å². The molecule has 5 nitrogen and oxygen atoms in total. The lowest BCUT2D eigenvalue weighted by molar-refractivity contribution is -0.116. The molecule has 4 N–H and O–H groups in total. The van der Waals surface area contributed by atoms with Crippen molar-refractivity contribution in [3.05, 3.63) is 51.7 Å². The zero-order valence-electron chi connectivity index (χ0n) is 12.6. The van der Waals surface area contributed by atoms with E-state index in [1.807, 2.05) is 49.6 Å². The van der Waals surface area contributed by atoms with E-state index in [9.17, 15) is 9.59 Å². The zero-order valence-corrected chi connectivity index (χ0v) is 13.4. The summed E-state index contributed by atoms with van der Waals surface area (Å²) in [6, 6.07) is 8.52. The van der Waals surface area contributed by atoms with E-state index >= 15 is 0 Å². The number of hydrogen-bond acceptors (Lipinski definition) is 3. The van der Waals surface area contributed by atoms with Gasteiger partial charge in [-0.25, -0.2) is 4.79 Å². The number of anilines is 1. The topological polar surface area (TPSA) is 84.2 Å². The summed E-state index contributed by atoms with van der Waals surface area (Å²) >= 11 is 1.48. The Balaban J connectivity index is 2.06. The number of carbonyl (C=O) groups is 2. The van der Waals surface area contributed by atoms with E-state index in [2.05, 4.69) is 10.6 Å². The number of primary amides is 1. The molecule has 1 aromatic heterocycles. The summed E-state index contributed by atoms with van der Waals surface area (Å²) in [5.74, 6) is -0.167. The average molecular weight is 317 g/mol.